The van der Waals surface area contributed by atoms with Crippen LogP contribution in [0.5, 0.6) is 0 Å². The third kappa shape index (κ3) is 3.68. The fraction of sp³-hybridized carbons (Fsp3) is 1.00. The van der Waals surface area contributed by atoms with E-state index in [1.54, 1.807) is 0 Å². The number of piperazine rings is 1. The molecule has 0 amide bonds. The van der Waals surface area contributed by atoms with E-state index in [-0.39, 0.29) is 0 Å². The van der Waals surface area contributed by atoms with Crippen molar-refractivity contribution in [2.45, 2.75) is 63.3 Å². The molecule has 110 valence electrons. The first-order valence-corrected chi connectivity index (χ1v) is 9.38. The van der Waals surface area contributed by atoms with Crippen molar-refractivity contribution in [2.75, 3.05) is 25.4 Å². The highest BCUT2D eigenvalue weighted by Crippen LogP contribution is 2.35. The molecule has 0 aromatic rings. The summed E-state index contributed by atoms with van der Waals surface area (Å²) in [6, 6.07) is 1.56. The van der Waals surface area contributed by atoms with Gasteiger partial charge in [0.2, 0.25) is 0 Å². The fourth-order valence-corrected chi connectivity index (χ4v) is 5.08. The summed E-state index contributed by atoms with van der Waals surface area (Å²) in [6.07, 6.45) is 7.29. The summed E-state index contributed by atoms with van der Waals surface area (Å²) in [5, 5.41) is 4.74. The van der Waals surface area contributed by atoms with Crippen molar-refractivity contribution < 1.29 is 0 Å². The lowest BCUT2D eigenvalue weighted by Crippen LogP contribution is -2.60. The van der Waals surface area contributed by atoms with Crippen LogP contribution in [0.3, 0.4) is 0 Å². The Morgan fingerprint density at radius 3 is 2.68 bits per heavy atom. The topological polar surface area (TPSA) is 15.3 Å². The number of rotatable bonds is 4. The van der Waals surface area contributed by atoms with Crippen LogP contribution in [0.2, 0.25) is 0 Å². The standard InChI is InChI=1S/C16H30N2S/c1-12(2)16-9-17-15(13-6-7-13)11-18(16)10-14-5-3-4-8-19-14/h12-17H,3-11H2,1-2H3. The van der Waals surface area contributed by atoms with Gasteiger partial charge in [-0.25, -0.2) is 0 Å². The number of thioether (sulfide) groups is 1. The molecular formula is C16H30N2S. The van der Waals surface area contributed by atoms with Gasteiger partial charge in [0, 0.05) is 37.0 Å². The Labute approximate surface area is 123 Å². The maximum atomic E-state index is 3.83. The minimum Gasteiger partial charge on any atom is -0.311 e. The normalized spacial score (nSPS) is 37.7. The number of hydrogen-bond acceptors (Lipinski definition) is 3. The molecule has 2 saturated heterocycles. The zero-order valence-electron chi connectivity index (χ0n) is 12.6. The average Bonchev–Trinajstić information content (AvgIpc) is 3.24. The Balaban J connectivity index is 1.58. The molecule has 19 heavy (non-hydrogen) atoms. The Kier molecular flexibility index (Phi) is 4.76. The smallest absolute Gasteiger partial charge is 0.0244 e. The maximum absolute atomic E-state index is 3.83. The summed E-state index contributed by atoms with van der Waals surface area (Å²) in [7, 11) is 0. The van der Waals surface area contributed by atoms with E-state index in [1.807, 2.05) is 0 Å². The van der Waals surface area contributed by atoms with Crippen LogP contribution in [-0.4, -0.2) is 47.6 Å². The van der Waals surface area contributed by atoms with Crippen LogP contribution in [0, 0.1) is 11.8 Å². The van der Waals surface area contributed by atoms with Gasteiger partial charge in [-0.3, -0.25) is 4.90 Å². The van der Waals surface area contributed by atoms with Gasteiger partial charge in [-0.1, -0.05) is 20.3 Å². The quantitative estimate of drug-likeness (QED) is 0.853. The van der Waals surface area contributed by atoms with Gasteiger partial charge in [0.1, 0.15) is 0 Å². The molecule has 0 aromatic carbocycles. The summed E-state index contributed by atoms with van der Waals surface area (Å²) in [6.45, 7) is 8.66. The summed E-state index contributed by atoms with van der Waals surface area (Å²) >= 11 is 2.23. The number of nitrogens with zero attached hydrogens (tertiary/aromatic N) is 1. The van der Waals surface area contributed by atoms with Crippen molar-refractivity contribution in [3.63, 3.8) is 0 Å². The second kappa shape index (κ2) is 6.36. The second-order valence-corrected chi connectivity index (χ2v) is 8.51. The van der Waals surface area contributed by atoms with Crippen molar-refractivity contribution in [1.29, 1.82) is 0 Å². The Morgan fingerprint density at radius 1 is 1.21 bits per heavy atom. The highest BCUT2D eigenvalue weighted by Gasteiger charge is 2.38. The van der Waals surface area contributed by atoms with E-state index in [0.29, 0.717) is 0 Å². The summed E-state index contributed by atoms with van der Waals surface area (Å²) < 4.78 is 0. The molecule has 0 radical (unpaired) electrons. The van der Waals surface area contributed by atoms with Gasteiger partial charge in [0.25, 0.3) is 0 Å². The third-order valence-electron chi connectivity index (χ3n) is 5.16. The molecule has 3 heteroatoms. The Bertz CT molecular complexity index is 284. The van der Waals surface area contributed by atoms with Gasteiger partial charge in [-0.15, -0.1) is 0 Å². The van der Waals surface area contributed by atoms with E-state index in [1.165, 1.54) is 57.5 Å². The molecule has 3 atom stereocenters. The van der Waals surface area contributed by atoms with Crippen LogP contribution >= 0.6 is 11.8 Å². The van der Waals surface area contributed by atoms with Crippen molar-refractivity contribution in [3.8, 4) is 0 Å². The van der Waals surface area contributed by atoms with Gasteiger partial charge >= 0.3 is 0 Å². The van der Waals surface area contributed by atoms with Crippen molar-refractivity contribution in [3.05, 3.63) is 0 Å². The Hall–Kier alpha value is 0.270. The number of hydrogen-bond donors (Lipinski definition) is 1. The summed E-state index contributed by atoms with van der Waals surface area (Å²) in [5.41, 5.74) is 0. The molecule has 3 aliphatic rings. The van der Waals surface area contributed by atoms with Crippen LogP contribution in [0.15, 0.2) is 0 Å². The molecule has 3 fully saturated rings. The van der Waals surface area contributed by atoms with E-state index >= 15 is 0 Å². The summed E-state index contributed by atoms with van der Waals surface area (Å²) in [4.78, 5) is 2.84. The lowest BCUT2D eigenvalue weighted by Gasteiger charge is -2.44. The van der Waals surface area contributed by atoms with Crippen LogP contribution in [0.25, 0.3) is 0 Å². The van der Waals surface area contributed by atoms with E-state index < -0.39 is 0 Å². The molecule has 2 aliphatic heterocycles. The van der Waals surface area contributed by atoms with Crippen LogP contribution < -0.4 is 5.32 Å². The maximum Gasteiger partial charge on any atom is 0.0244 e. The van der Waals surface area contributed by atoms with Crippen molar-refractivity contribution >= 4 is 11.8 Å². The Morgan fingerprint density at radius 2 is 2.05 bits per heavy atom. The first-order valence-electron chi connectivity index (χ1n) is 8.33. The molecule has 0 spiro atoms. The lowest BCUT2D eigenvalue weighted by atomic mass is 9.96. The van der Waals surface area contributed by atoms with Crippen LogP contribution in [-0.2, 0) is 0 Å². The first-order chi connectivity index (χ1) is 9.24. The largest absolute Gasteiger partial charge is 0.311 e. The molecule has 0 aromatic heterocycles. The summed E-state index contributed by atoms with van der Waals surface area (Å²) in [5.74, 6) is 3.17. The van der Waals surface area contributed by atoms with Gasteiger partial charge in [-0.2, -0.15) is 11.8 Å². The zero-order chi connectivity index (χ0) is 13.2. The molecule has 1 aliphatic carbocycles. The van der Waals surface area contributed by atoms with Gasteiger partial charge in [0.15, 0.2) is 0 Å². The molecule has 2 nitrogen and oxygen atoms in total. The van der Waals surface area contributed by atoms with Gasteiger partial charge < -0.3 is 5.32 Å². The van der Waals surface area contributed by atoms with E-state index in [4.69, 9.17) is 0 Å². The van der Waals surface area contributed by atoms with E-state index in [2.05, 4.69) is 35.8 Å². The second-order valence-electron chi connectivity index (χ2n) is 7.11. The zero-order valence-corrected chi connectivity index (χ0v) is 13.4. The average molecular weight is 282 g/mol. The predicted molar refractivity (Wildman–Crippen MR) is 84.8 cm³/mol. The molecule has 3 rings (SSSR count). The first kappa shape index (κ1) is 14.2. The van der Waals surface area contributed by atoms with E-state index in [0.717, 1.165) is 29.2 Å². The highest BCUT2D eigenvalue weighted by molar-refractivity contribution is 7.99. The molecule has 1 N–H and O–H groups in total. The third-order valence-corrected chi connectivity index (χ3v) is 6.54. The lowest BCUT2D eigenvalue weighted by molar-refractivity contribution is 0.0917. The molecule has 2 heterocycles. The fourth-order valence-electron chi connectivity index (χ4n) is 3.75. The van der Waals surface area contributed by atoms with Gasteiger partial charge in [-0.05, 0) is 43.3 Å². The van der Waals surface area contributed by atoms with Crippen LogP contribution in [0.4, 0.5) is 0 Å². The predicted octanol–water partition coefficient (Wildman–Crippen LogP) is 2.98. The molecule has 1 saturated carbocycles. The highest BCUT2D eigenvalue weighted by atomic mass is 32.2. The van der Waals surface area contributed by atoms with E-state index in [9.17, 15) is 0 Å². The van der Waals surface area contributed by atoms with Gasteiger partial charge in [0.05, 0.1) is 0 Å². The SMILES string of the molecule is CC(C)C1CNC(C2CC2)CN1CC1CCCCS1. The number of nitrogens with one attached hydrogen (secondary N) is 1. The molecule has 3 unspecified atom stereocenters. The molecular weight excluding hydrogens is 252 g/mol. The molecule has 0 bridgehead atoms. The minimum atomic E-state index is 0.762. The minimum absolute atomic E-state index is 0.762. The van der Waals surface area contributed by atoms with Crippen LogP contribution in [0.1, 0.15) is 46.0 Å². The van der Waals surface area contributed by atoms with Crippen molar-refractivity contribution in [2.24, 2.45) is 11.8 Å². The van der Waals surface area contributed by atoms with Crippen molar-refractivity contribution in [1.82, 2.24) is 10.2 Å². The monoisotopic (exact) mass is 282 g/mol.